The van der Waals surface area contributed by atoms with Crippen LogP contribution in [0.2, 0.25) is 0 Å². The van der Waals surface area contributed by atoms with Crippen molar-refractivity contribution in [1.82, 2.24) is 0 Å². The van der Waals surface area contributed by atoms with Crippen LogP contribution in [-0.4, -0.2) is 11.0 Å². The summed E-state index contributed by atoms with van der Waals surface area (Å²) < 4.78 is 8.39. The number of hydrogen-bond acceptors (Lipinski definition) is 2. The van der Waals surface area contributed by atoms with Crippen molar-refractivity contribution in [2.45, 2.75) is 0 Å². The van der Waals surface area contributed by atoms with Crippen molar-refractivity contribution < 1.29 is 51.9 Å². The molecule has 1 aliphatic rings. The van der Waals surface area contributed by atoms with E-state index in [0.717, 1.165) is 0 Å². The quantitative estimate of drug-likeness (QED) is 0.347. The minimum atomic E-state index is -0.667. The summed E-state index contributed by atoms with van der Waals surface area (Å²) >= 11 is -0.667. The SMILES string of the molecule is O.O.[O]1[O][Ce]1. The van der Waals surface area contributed by atoms with E-state index in [4.69, 9.17) is 0 Å². The van der Waals surface area contributed by atoms with Crippen molar-refractivity contribution in [2.24, 2.45) is 0 Å². The monoisotopic (exact) mass is 208 g/mol. The van der Waals surface area contributed by atoms with E-state index in [-0.39, 0.29) is 11.0 Å². The van der Waals surface area contributed by atoms with Gasteiger partial charge in [-0.1, -0.05) is 0 Å². The fourth-order valence-corrected chi connectivity index (χ4v) is 0. The minimum absolute atomic E-state index is 0. The van der Waals surface area contributed by atoms with E-state index in [9.17, 15) is 0 Å². The molecule has 5 heavy (non-hydrogen) atoms. The molecule has 4 nitrogen and oxygen atoms in total. The van der Waals surface area contributed by atoms with Crippen LogP contribution >= 0.6 is 0 Å². The molecular formula is H4CeO4. The van der Waals surface area contributed by atoms with Gasteiger partial charge in [0.05, 0.1) is 0 Å². The molecule has 0 aromatic rings. The fraction of sp³-hybridized carbons (Fsp3) is 0. The van der Waals surface area contributed by atoms with Crippen molar-refractivity contribution >= 4 is 0 Å². The van der Waals surface area contributed by atoms with Crippen LogP contribution in [-0.2, 0) is 2.20 Å². The van der Waals surface area contributed by atoms with Gasteiger partial charge in [0.1, 0.15) is 0 Å². The van der Waals surface area contributed by atoms with Crippen molar-refractivity contribution in [3.63, 3.8) is 0 Å². The standard InChI is InChI=1S/Ce.O2.2H2O/c;1-2;;/h;;2*1H2/q+2;-2;;. The normalized spacial score (nSPS) is 12.8. The molecule has 1 rings (SSSR count). The summed E-state index contributed by atoms with van der Waals surface area (Å²) in [4.78, 5) is 0. The Morgan fingerprint density at radius 2 is 1.20 bits per heavy atom. The maximum absolute atomic E-state index is 4.19. The molecule has 0 radical (unpaired) electrons. The molecule has 0 saturated carbocycles. The Hall–Kier alpha value is 1.22. The van der Waals surface area contributed by atoms with Crippen molar-refractivity contribution in [3.05, 3.63) is 0 Å². The molecule has 1 saturated heterocycles. The van der Waals surface area contributed by atoms with Crippen LogP contribution in [0.25, 0.3) is 0 Å². The van der Waals surface area contributed by atoms with Gasteiger partial charge in [-0.25, -0.2) is 0 Å². The molecule has 32 valence electrons. The molecule has 0 bridgehead atoms. The van der Waals surface area contributed by atoms with Gasteiger partial charge in [-0.2, -0.15) is 0 Å². The van der Waals surface area contributed by atoms with Crippen LogP contribution < -0.4 is 0 Å². The van der Waals surface area contributed by atoms with Gasteiger partial charge < -0.3 is 11.0 Å². The van der Waals surface area contributed by atoms with Crippen LogP contribution in [0.4, 0.5) is 0 Å². The first-order valence-corrected chi connectivity index (χ1v) is 3.14. The zero-order valence-corrected chi connectivity index (χ0v) is 5.46. The van der Waals surface area contributed by atoms with Crippen LogP contribution in [0.1, 0.15) is 0 Å². The van der Waals surface area contributed by atoms with E-state index in [2.05, 4.69) is 2.20 Å². The van der Waals surface area contributed by atoms with Crippen molar-refractivity contribution in [2.75, 3.05) is 0 Å². The molecule has 4 N–H and O–H groups in total. The summed E-state index contributed by atoms with van der Waals surface area (Å²) in [5.41, 5.74) is 0. The van der Waals surface area contributed by atoms with Gasteiger partial charge in [-0.05, 0) is 0 Å². The Morgan fingerprint density at radius 1 is 1.00 bits per heavy atom. The van der Waals surface area contributed by atoms with Gasteiger partial charge >= 0.3 is 41.0 Å². The van der Waals surface area contributed by atoms with Gasteiger partial charge in [0.15, 0.2) is 0 Å². The molecule has 0 atom stereocenters. The summed E-state index contributed by atoms with van der Waals surface area (Å²) in [7, 11) is 0. The van der Waals surface area contributed by atoms with E-state index in [0.29, 0.717) is 0 Å². The van der Waals surface area contributed by atoms with E-state index in [1.54, 1.807) is 0 Å². The third-order valence-corrected chi connectivity index (χ3v) is 0.607. The molecule has 1 aliphatic heterocycles. The van der Waals surface area contributed by atoms with Crippen LogP contribution in [0, 0.1) is 38.8 Å². The Morgan fingerprint density at radius 3 is 1.20 bits per heavy atom. The number of rotatable bonds is 0. The second-order valence-electron chi connectivity index (χ2n) is 0.250. The molecule has 1 fully saturated rings. The van der Waals surface area contributed by atoms with Gasteiger partial charge in [0.2, 0.25) is 0 Å². The second-order valence-corrected chi connectivity index (χ2v) is 1.82. The molecule has 1 heterocycles. The predicted molar refractivity (Wildman–Crippen MR) is 9.40 cm³/mol. The average Bonchev–Trinajstić information content (AvgIpc) is 1.46. The summed E-state index contributed by atoms with van der Waals surface area (Å²) in [5, 5.41) is 0. The number of hydrogen-bond donors (Lipinski definition) is 0. The van der Waals surface area contributed by atoms with Crippen molar-refractivity contribution in [3.8, 4) is 0 Å². The summed E-state index contributed by atoms with van der Waals surface area (Å²) in [5.74, 6) is 0. The van der Waals surface area contributed by atoms with E-state index in [1.165, 1.54) is 0 Å². The molecule has 0 aromatic carbocycles. The summed E-state index contributed by atoms with van der Waals surface area (Å²) in [6.07, 6.45) is 0. The van der Waals surface area contributed by atoms with E-state index >= 15 is 0 Å². The predicted octanol–water partition coefficient (Wildman–Crippen LogP) is -1.79. The molecule has 0 aromatic heterocycles. The zero-order valence-electron chi connectivity index (χ0n) is 2.32. The average molecular weight is 208 g/mol. The third-order valence-electron chi connectivity index (χ3n) is 0.0833. The Labute approximate surface area is 51.4 Å². The van der Waals surface area contributed by atoms with Crippen LogP contribution in [0.5, 0.6) is 0 Å². The maximum atomic E-state index is 4.19. The molecule has 0 spiro atoms. The van der Waals surface area contributed by atoms with Crippen molar-refractivity contribution in [1.29, 1.82) is 0 Å². The summed E-state index contributed by atoms with van der Waals surface area (Å²) in [6.45, 7) is 0. The molecule has 0 amide bonds. The van der Waals surface area contributed by atoms with Gasteiger partial charge in [0, 0.05) is 0 Å². The summed E-state index contributed by atoms with van der Waals surface area (Å²) in [6, 6.07) is 0. The molecular weight excluding hydrogens is 204 g/mol. The molecule has 5 heteroatoms. The molecule has 0 aliphatic carbocycles. The van der Waals surface area contributed by atoms with Gasteiger partial charge in [0.25, 0.3) is 0 Å². The second kappa shape index (κ2) is 5.22. The Balaban J connectivity index is 0. The Bertz CT molecular complexity index is 8.36. The van der Waals surface area contributed by atoms with Gasteiger partial charge in [-0.3, -0.25) is 0 Å². The van der Waals surface area contributed by atoms with Gasteiger partial charge in [-0.15, -0.1) is 0 Å². The first kappa shape index (κ1) is 9.51. The van der Waals surface area contributed by atoms with E-state index < -0.39 is 38.8 Å². The Kier molecular flexibility index (Phi) is 9.93. The fourth-order valence-electron chi connectivity index (χ4n) is 0. The zero-order chi connectivity index (χ0) is 2.12. The third kappa shape index (κ3) is 11.0. The first-order chi connectivity index (χ1) is 1.50. The van der Waals surface area contributed by atoms with Crippen LogP contribution in [0.15, 0.2) is 0 Å². The van der Waals surface area contributed by atoms with Crippen LogP contribution in [0.3, 0.4) is 0 Å². The molecule has 0 unspecified atom stereocenters. The topological polar surface area (TPSA) is 88.1 Å². The first-order valence-electron chi connectivity index (χ1n) is 0.575. The van der Waals surface area contributed by atoms with E-state index in [1.807, 2.05) is 0 Å².